The Kier molecular flexibility index (Phi) is 11.9. The van der Waals surface area contributed by atoms with Crippen molar-refractivity contribution in [1.29, 1.82) is 0 Å². The zero-order valence-corrected chi connectivity index (χ0v) is 33.1. The highest BCUT2D eigenvalue weighted by Gasteiger charge is 2.54. The van der Waals surface area contributed by atoms with Gasteiger partial charge < -0.3 is 40.3 Å². The highest BCUT2D eigenvalue weighted by molar-refractivity contribution is 8.01. The van der Waals surface area contributed by atoms with Gasteiger partial charge in [-0.15, -0.1) is 40.0 Å². The molecule has 2 unspecified atom stereocenters. The number of aryl methyl sites for hydroxylation is 1. The summed E-state index contributed by atoms with van der Waals surface area (Å²) in [6.07, 6.45) is 0. The van der Waals surface area contributed by atoms with Crippen molar-refractivity contribution in [2.24, 2.45) is 5.16 Å². The number of carbonyl (C=O) groups is 8. The minimum atomic E-state index is -1.41. The third kappa shape index (κ3) is 8.97. The molecule has 0 saturated carbocycles. The third-order valence-electron chi connectivity index (χ3n) is 7.74. The number of anilines is 1. The highest BCUT2D eigenvalue weighted by Crippen LogP contribution is 2.42. The molecule has 0 spiro atoms. The number of carbonyl (C=O) groups excluding carboxylic acids is 6. The molecule has 0 aliphatic carbocycles. The first-order chi connectivity index (χ1) is 27.9. The van der Waals surface area contributed by atoms with Crippen LogP contribution in [0.2, 0.25) is 0 Å². The lowest BCUT2D eigenvalue weighted by Gasteiger charge is -2.49. The number of nitrogens with one attached hydrogen (secondary N) is 1. The molecule has 6 rings (SSSR count). The fourth-order valence-corrected chi connectivity index (χ4v) is 8.54. The van der Waals surface area contributed by atoms with Crippen LogP contribution in [0.25, 0.3) is 5.78 Å². The Morgan fingerprint density at radius 2 is 1.63 bits per heavy atom. The second-order valence-electron chi connectivity index (χ2n) is 12.1. The fourth-order valence-electron chi connectivity index (χ4n) is 5.45. The molecule has 2 atom stereocenters. The van der Waals surface area contributed by atoms with E-state index in [1.807, 2.05) is 0 Å². The van der Waals surface area contributed by atoms with Crippen LogP contribution in [0.5, 0.6) is 17.2 Å². The van der Waals surface area contributed by atoms with Crippen molar-refractivity contribution in [3.8, 4) is 17.2 Å². The van der Waals surface area contributed by atoms with Crippen LogP contribution in [-0.4, -0.2) is 116 Å². The number of aromatic nitrogens is 5. The van der Waals surface area contributed by atoms with Crippen molar-refractivity contribution in [3.63, 3.8) is 0 Å². The summed E-state index contributed by atoms with van der Waals surface area (Å²) in [6.45, 7) is 4.71. The number of ether oxygens (including phenoxy) is 3. The lowest BCUT2D eigenvalue weighted by atomic mass is 10.0. The molecule has 306 valence electrons. The number of carboxylic acid groups (broad SMARTS) is 2. The molecule has 1 fully saturated rings. The summed E-state index contributed by atoms with van der Waals surface area (Å²) in [4.78, 5) is 118. The van der Waals surface area contributed by atoms with Crippen LogP contribution < -0.4 is 25.3 Å². The second-order valence-corrected chi connectivity index (χ2v) is 15.1. The summed E-state index contributed by atoms with van der Waals surface area (Å²) >= 11 is 3.19. The van der Waals surface area contributed by atoms with Crippen LogP contribution in [0.1, 0.15) is 53.1 Å². The van der Waals surface area contributed by atoms with Crippen molar-refractivity contribution < 1.29 is 67.6 Å². The number of esters is 3. The maximum absolute atomic E-state index is 13.7. The predicted octanol–water partition coefficient (Wildman–Crippen LogP) is 1.04. The van der Waals surface area contributed by atoms with Crippen molar-refractivity contribution >= 4 is 99.1 Å². The molecule has 26 heteroatoms. The van der Waals surface area contributed by atoms with E-state index in [-0.39, 0.29) is 33.8 Å². The van der Waals surface area contributed by atoms with E-state index in [4.69, 9.17) is 24.8 Å². The number of hydrogen-bond acceptors (Lipinski definition) is 21. The number of oxime groups is 1. The summed E-state index contributed by atoms with van der Waals surface area (Å²) in [5.74, 6) is -10.4. The standard InChI is InChI=1S/C33H27N9O14S3/c1-11-5-20(42-33(35-11)38-25(39-42)30(50)51)57-8-16-9-58-28-22(27(47)41(28)23(16)29(48)49)37-26(46)21(17-10-59-32(34)36-17)40-56-31(52)15-6-18(53-12(2)43)24(55-14(4)45)19(7-15)54-13(3)44/h5-7,10,22,28H,8-9H2,1-4H3,(H2,34,36)(H,37,46)(H,48,49)(H,50,51). The molecule has 0 radical (unpaired) electrons. The van der Waals surface area contributed by atoms with Gasteiger partial charge in [0, 0.05) is 43.4 Å². The van der Waals surface area contributed by atoms with Gasteiger partial charge in [0.05, 0.1) is 5.56 Å². The summed E-state index contributed by atoms with van der Waals surface area (Å²) in [5, 5.41) is 30.5. The van der Waals surface area contributed by atoms with E-state index in [9.17, 15) is 48.6 Å². The van der Waals surface area contributed by atoms with Gasteiger partial charge in [-0.05, 0) is 30.7 Å². The van der Waals surface area contributed by atoms with Gasteiger partial charge in [-0.25, -0.2) is 24.4 Å². The summed E-state index contributed by atoms with van der Waals surface area (Å²) in [7, 11) is 0. The van der Waals surface area contributed by atoms with Gasteiger partial charge in [0.1, 0.15) is 27.8 Å². The van der Waals surface area contributed by atoms with E-state index in [1.54, 1.807) is 13.0 Å². The Labute approximate surface area is 341 Å². The lowest BCUT2D eigenvalue weighted by molar-refractivity contribution is -0.150. The summed E-state index contributed by atoms with van der Waals surface area (Å²) in [5.41, 5.74) is 5.08. The van der Waals surface area contributed by atoms with Crippen molar-refractivity contribution in [2.45, 2.75) is 44.1 Å². The number of aromatic carboxylic acids is 1. The molecular formula is C33H27N9O14S3. The maximum Gasteiger partial charge on any atom is 0.375 e. The number of thiazole rings is 1. The number of β-lactam (4-membered cyclic amide) rings is 1. The van der Waals surface area contributed by atoms with Crippen LogP contribution >= 0.6 is 34.9 Å². The molecule has 2 aliphatic heterocycles. The Hall–Kier alpha value is -6.93. The minimum Gasteiger partial charge on any atom is -0.477 e. The van der Waals surface area contributed by atoms with Gasteiger partial charge in [0.2, 0.25) is 5.75 Å². The van der Waals surface area contributed by atoms with Gasteiger partial charge in [-0.2, -0.15) is 9.50 Å². The topological polar surface area (TPSA) is 324 Å². The molecule has 59 heavy (non-hydrogen) atoms. The Bertz CT molecular complexity index is 2530. The van der Waals surface area contributed by atoms with Crippen LogP contribution in [0.3, 0.4) is 0 Å². The third-order valence-corrected chi connectivity index (χ3v) is 10.8. The number of nitrogens with two attached hydrogens (primary N) is 1. The van der Waals surface area contributed by atoms with E-state index >= 15 is 0 Å². The largest absolute Gasteiger partial charge is 0.477 e. The number of rotatable bonds is 13. The van der Waals surface area contributed by atoms with Gasteiger partial charge in [-0.3, -0.25) is 28.9 Å². The first-order valence-corrected chi connectivity index (χ1v) is 19.4. The number of benzene rings is 1. The van der Waals surface area contributed by atoms with E-state index in [0.717, 1.165) is 72.7 Å². The van der Waals surface area contributed by atoms with Crippen LogP contribution in [0.4, 0.5) is 5.13 Å². The highest BCUT2D eigenvalue weighted by atomic mass is 32.2. The molecule has 1 saturated heterocycles. The zero-order valence-electron chi connectivity index (χ0n) is 30.6. The first-order valence-electron chi connectivity index (χ1n) is 16.5. The van der Waals surface area contributed by atoms with Gasteiger partial charge in [-0.1, -0.05) is 5.16 Å². The van der Waals surface area contributed by atoms with Crippen molar-refractivity contribution in [2.75, 3.05) is 17.2 Å². The normalized spacial score (nSPS) is 16.2. The smallest absolute Gasteiger partial charge is 0.375 e. The summed E-state index contributed by atoms with van der Waals surface area (Å²) in [6, 6.07) is 2.20. The van der Waals surface area contributed by atoms with Crippen molar-refractivity contribution in [1.82, 2.24) is 34.8 Å². The average Bonchev–Trinajstić information content (AvgIpc) is 3.79. The fraction of sp³-hybridized carbons (Fsp3) is 0.242. The zero-order chi connectivity index (χ0) is 42.9. The van der Waals surface area contributed by atoms with Gasteiger partial charge >= 0.3 is 35.8 Å². The van der Waals surface area contributed by atoms with E-state index in [2.05, 4.69) is 30.5 Å². The number of hydrogen-bond donors (Lipinski definition) is 4. The molecule has 3 aromatic heterocycles. The molecule has 0 bridgehead atoms. The van der Waals surface area contributed by atoms with Gasteiger partial charge in [0.15, 0.2) is 22.3 Å². The van der Waals surface area contributed by atoms with Crippen LogP contribution in [0, 0.1) is 6.92 Å². The van der Waals surface area contributed by atoms with Crippen LogP contribution in [-0.2, 0) is 33.6 Å². The van der Waals surface area contributed by atoms with E-state index in [0.29, 0.717) is 16.3 Å². The van der Waals surface area contributed by atoms with Crippen LogP contribution in [0.15, 0.2) is 45.0 Å². The SMILES string of the molecule is CC(=O)Oc1cc(C(=O)ON=C(C(=O)NC2C(=O)N3C(C(=O)O)=C(CSc4cc(C)nc5nc(C(=O)O)nn45)CSC23)c2csc(N)n2)cc(OC(C)=O)c1OC(C)=O. The number of amides is 2. The molecule has 4 aromatic rings. The molecule has 5 N–H and O–H groups in total. The molecule has 5 heterocycles. The molecular weight excluding hydrogens is 843 g/mol. The van der Waals surface area contributed by atoms with E-state index in [1.165, 1.54) is 9.90 Å². The second kappa shape index (κ2) is 16.9. The summed E-state index contributed by atoms with van der Waals surface area (Å²) < 4.78 is 16.4. The molecule has 23 nitrogen and oxygen atoms in total. The minimum absolute atomic E-state index is 0.00546. The number of nitrogen functional groups attached to an aromatic ring is 1. The van der Waals surface area contributed by atoms with Crippen molar-refractivity contribution in [3.05, 3.63) is 57.6 Å². The first kappa shape index (κ1) is 41.7. The predicted molar refractivity (Wildman–Crippen MR) is 202 cm³/mol. The Morgan fingerprint density at radius 3 is 2.20 bits per heavy atom. The van der Waals surface area contributed by atoms with Gasteiger partial charge in [0.25, 0.3) is 23.4 Å². The number of fused-ring (bicyclic) bond motifs is 2. The molecule has 2 aliphatic rings. The monoisotopic (exact) mass is 869 g/mol. The Balaban J connectivity index is 1.22. The number of nitrogens with zero attached hydrogens (tertiary/aromatic N) is 7. The molecule has 1 aromatic carbocycles. The molecule has 2 amide bonds. The lowest BCUT2D eigenvalue weighted by Crippen LogP contribution is -2.71. The average molecular weight is 870 g/mol. The maximum atomic E-state index is 13.7. The quantitative estimate of drug-likeness (QED) is 0.0213. The number of aliphatic carboxylic acids is 1. The number of carboxylic acids is 2. The van der Waals surface area contributed by atoms with E-state index < -0.39 is 93.4 Å². The number of thioether (sulfide) groups is 2. The Morgan fingerprint density at radius 1 is 0.966 bits per heavy atom.